The van der Waals surface area contributed by atoms with Crippen LogP contribution in [-0.4, -0.2) is 4.89 Å². The third-order valence-electron chi connectivity index (χ3n) is 4.35. The van der Waals surface area contributed by atoms with Gasteiger partial charge in [0.05, 0.1) is 5.30 Å². The van der Waals surface area contributed by atoms with E-state index in [1.54, 1.807) is 42.5 Å². The molecule has 2 aromatic rings. The third-order valence-corrected chi connectivity index (χ3v) is 5.76. The van der Waals surface area contributed by atoms with E-state index in [0.717, 1.165) is 6.42 Å². The highest BCUT2D eigenvalue weighted by Crippen LogP contribution is 2.42. The van der Waals surface area contributed by atoms with Gasteiger partial charge in [-0.2, -0.15) is 0 Å². The van der Waals surface area contributed by atoms with Crippen molar-refractivity contribution in [3.05, 3.63) is 60.2 Å². The van der Waals surface area contributed by atoms with Crippen molar-refractivity contribution in [3.8, 4) is 5.75 Å². The molecule has 2 aromatic carbocycles. The van der Waals surface area contributed by atoms with Crippen LogP contribution in [0.15, 0.2) is 54.6 Å². The summed E-state index contributed by atoms with van der Waals surface area (Å²) in [5.41, 5.74) is 1.31. The van der Waals surface area contributed by atoms with Crippen molar-refractivity contribution in [1.29, 1.82) is 0 Å². The summed E-state index contributed by atoms with van der Waals surface area (Å²) in [5, 5.41) is 0.300. The van der Waals surface area contributed by atoms with E-state index < -0.39 is 7.60 Å². The average Bonchev–Trinajstić information content (AvgIpc) is 2.56. The Bertz CT molecular complexity index is 678. The normalized spacial score (nSPS) is 14.2. The lowest BCUT2D eigenvalue weighted by atomic mass is 9.80. The van der Waals surface area contributed by atoms with Crippen molar-refractivity contribution in [2.45, 2.75) is 51.9 Å². The van der Waals surface area contributed by atoms with Gasteiger partial charge in [-0.15, -0.1) is 0 Å². The lowest BCUT2D eigenvalue weighted by molar-refractivity contribution is 0.393. The van der Waals surface area contributed by atoms with Gasteiger partial charge in [-0.25, -0.2) is 4.57 Å². The summed E-state index contributed by atoms with van der Waals surface area (Å²) >= 11 is 0. The summed E-state index contributed by atoms with van der Waals surface area (Å²) in [6.07, 6.45) is 4.80. The molecule has 0 saturated heterocycles. The summed E-state index contributed by atoms with van der Waals surface area (Å²) in [4.78, 5) is 10.1. The van der Waals surface area contributed by atoms with Crippen molar-refractivity contribution in [1.82, 2.24) is 0 Å². The van der Waals surface area contributed by atoms with Crippen LogP contribution in [-0.2, 0) is 9.98 Å². The Balaban J connectivity index is 2.08. The van der Waals surface area contributed by atoms with E-state index in [1.807, 2.05) is 12.1 Å². The van der Waals surface area contributed by atoms with Gasteiger partial charge < -0.3 is 9.42 Å². The quantitative estimate of drug-likeness (QED) is 0.512. The Kier molecular flexibility index (Phi) is 6.26. The van der Waals surface area contributed by atoms with Crippen LogP contribution in [0.4, 0.5) is 0 Å². The fourth-order valence-corrected chi connectivity index (χ4v) is 3.80. The standard InChI is InChI=1S/C20H27O3P/c1-4-5-9-16-20(2,3)17-12-14-18(15-13-17)23-24(21,22)19-10-7-6-8-11-19/h6-8,10-15H,4-5,9,16H2,1-3H3,(H,21,22). The Morgan fingerprint density at radius 2 is 1.62 bits per heavy atom. The molecule has 1 atom stereocenters. The van der Waals surface area contributed by atoms with Crippen LogP contribution < -0.4 is 9.83 Å². The molecule has 3 nitrogen and oxygen atoms in total. The maximum atomic E-state index is 12.4. The molecular formula is C20H27O3P. The number of hydrogen-bond donors (Lipinski definition) is 1. The van der Waals surface area contributed by atoms with Crippen molar-refractivity contribution >= 4 is 12.9 Å². The molecule has 0 heterocycles. The average molecular weight is 346 g/mol. The minimum Gasteiger partial charge on any atom is -0.421 e. The molecule has 24 heavy (non-hydrogen) atoms. The lowest BCUT2D eigenvalue weighted by Gasteiger charge is -2.25. The van der Waals surface area contributed by atoms with Crippen molar-refractivity contribution in [2.75, 3.05) is 0 Å². The fourth-order valence-electron chi connectivity index (χ4n) is 2.74. The molecule has 0 bridgehead atoms. The molecule has 0 radical (unpaired) electrons. The second-order valence-corrected chi connectivity index (χ2v) is 8.55. The molecule has 130 valence electrons. The molecule has 0 aliphatic heterocycles. The summed E-state index contributed by atoms with van der Waals surface area (Å²) in [6.45, 7) is 6.68. The third kappa shape index (κ3) is 4.96. The first-order chi connectivity index (χ1) is 11.3. The van der Waals surface area contributed by atoms with E-state index in [2.05, 4.69) is 20.8 Å². The predicted octanol–water partition coefficient (Wildman–Crippen LogP) is 5.43. The van der Waals surface area contributed by atoms with E-state index in [1.165, 1.54) is 24.8 Å². The van der Waals surface area contributed by atoms with Crippen LogP contribution in [0, 0.1) is 0 Å². The monoisotopic (exact) mass is 346 g/mol. The lowest BCUT2D eigenvalue weighted by Crippen LogP contribution is -2.16. The van der Waals surface area contributed by atoms with Crippen LogP contribution in [0.25, 0.3) is 0 Å². The molecule has 0 aliphatic rings. The highest BCUT2D eigenvalue weighted by atomic mass is 31.2. The van der Waals surface area contributed by atoms with Crippen LogP contribution >= 0.6 is 7.60 Å². The Labute approximate surface area is 145 Å². The van der Waals surface area contributed by atoms with E-state index in [9.17, 15) is 9.46 Å². The molecule has 0 amide bonds. The maximum Gasteiger partial charge on any atom is 0.408 e. The molecule has 1 N–H and O–H groups in total. The minimum atomic E-state index is -3.84. The number of benzene rings is 2. The molecule has 1 unspecified atom stereocenters. The summed E-state index contributed by atoms with van der Waals surface area (Å²) in [7, 11) is -3.84. The highest BCUT2D eigenvalue weighted by molar-refractivity contribution is 7.61. The zero-order valence-electron chi connectivity index (χ0n) is 14.7. The molecular weight excluding hydrogens is 319 g/mol. The molecule has 0 spiro atoms. The van der Waals surface area contributed by atoms with Crippen LogP contribution in [0.1, 0.15) is 52.0 Å². The number of rotatable bonds is 8. The second kappa shape index (κ2) is 8.00. The summed E-state index contributed by atoms with van der Waals surface area (Å²) in [6, 6.07) is 16.0. The maximum absolute atomic E-state index is 12.4. The predicted molar refractivity (Wildman–Crippen MR) is 100 cm³/mol. The Hall–Kier alpha value is -1.57. The van der Waals surface area contributed by atoms with Crippen molar-refractivity contribution in [3.63, 3.8) is 0 Å². The largest absolute Gasteiger partial charge is 0.421 e. The summed E-state index contributed by atoms with van der Waals surface area (Å²) in [5.74, 6) is 0.415. The van der Waals surface area contributed by atoms with Gasteiger partial charge in [0.2, 0.25) is 0 Å². The van der Waals surface area contributed by atoms with E-state index in [4.69, 9.17) is 4.52 Å². The highest BCUT2D eigenvalue weighted by Gasteiger charge is 2.25. The van der Waals surface area contributed by atoms with Gasteiger partial charge in [0.25, 0.3) is 0 Å². The zero-order chi connectivity index (χ0) is 17.6. The molecule has 0 aliphatic carbocycles. The smallest absolute Gasteiger partial charge is 0.408 e. The molecule has 2 rings (SSSR count). The van der Waals surface area contributed by atoms with Gasteiger partial charge in [0, 0.05) is 0 Å². The van der Waals surface area contributed by atoms with Gasteiger partial charge in [-0.05, 0) is 41.7 Å². The Morgan fingerprint density at radius 1 is 1.00 bits per heavy atom. The topological polar surface area (TPSA) is 46.5 Å². The molecule has 0 aromatic heterocycles. The van der Waals surface area contributed by atoms with Gasteiger partial charge in [0.1, 0.15) is 5.75 Å². The van der Waals surface area contributed by atoms with E-state index in [-0.39, 0.29) is 5.41 Å². The first kappa shape index (κ1) is 18.8. The van der Waals surface area contributed by atoms with Gasteiger partial charge in [0.15, 0.2) is 0 Å². The molecule has 0 saturated carbocycles. The molecule has 0 fully saturated rings. The molecule has 4 heteroatoms. The number of unbranched alkanes of at least 4 members (excludes halogenated alkanes) is 2. The van der Waals surface area contributed by atoms with Crippen LogP contribution in [0.2, 0.25) is 0 Å². The van der Waals surface area contributed by atoms with E-state index in [0.29, 0.717) is 11.1 Å². The zero-order valence-corrected chi connectivity index (χ0v) is 15.6. The van der Waals surface area contributed by atoms with Gasteiger partial charge in [-0.1, -0.05) is 70.4 Å². The fraction of sp³-hybridized carbons (Fsp3) is 0.400. The van der Waals surface area contributed by atoms with Crippen molar-refractivity contribution in [2.24, 2.45) is 0 Å². The van der Waals surface area contributed by atoms with Crippen LogP contribution in [0.3, 0.4) is 0 Å². The first-order valence-electron chi connectivity index (χ1n) is 8.54. The first-order valence-corrected chi connectivity index (χ1v) is 10.1. The van der Waals surface area contributed by atoms with Crippen LogP contribution in [0.5, 0.6) is 5.75 Å². The van der Waals surface area contributed by atoms with Crippen molar-refractivity contribution < 1.29 is 14.0 Å². The second-order valence-electron chi connectivity index (χ2n) is 6.81. The SMILES string of the molecule is CCCCCC(C)(C)c1ccc(OP(=O)(O)c2ccccc2)cc1. The Morgan fingerprint density at radius 3 is 2.21 bits per heavy atom. The summed E-state index contributed by atoms with van der Waals surface area (Å²) < 4.78 is 17.7. The van der Waals surface area contributed by atoms with Gasteiger partial charge >= 0.3 is 7.60 Å². The minimum absolute atomic E-state index is 0.0933. The number of hydrogen-bond acceptors (Lipinski definition) is 2. The van der Waals surface area contributed by atoms with E-state index >= 15 is 0 Å². The van der Waals surface area contributed by atoms with Gasteiger partial charge in [-0.3, -0.25) is 0 Å².